The fourth-order valence-electron chi connectivity index (χ4n) is 6.06. The zero-order chi connectivity index (χ0) is 31.8. The Morgan fingerprint density at radius 2 is 1.78 bits per heavy atom. The van der Waals surface area contributed by atoms with Crippen molar-refractivity contribution in [3.8, 4) is 33.9 Å². The number of fused-ring (bicyclic) bond motifs is 2. The smallest absolute Gasteiger partial charge is 0.209 e. The molecule has 0 aliphatic heterocycles. The van der Waals surface area contributed by atoms with E-state index in [-0.39, 0.29) is 34.7 Å². The van der Waals surface area contributed by atoms with E-state index < -0.39 is 21.7 Å². The predicted octanol–water partition coefficient (Wildman–Crippen LogP) is 5.23. The number of aromatic amines is 2. The van der Waals surface area contributed by atoms with Crippen molar-refractivity contribution in [1.29, 1.82) is 0 Å². The SMILES string of the molecule is CS(=O)(=O)NCc1cc(F)cc(-c2nccc3[nH]c(-c4n[nH]c5ncc(-c6cncc(CNCC7CCCC7)c6)c(F)c45)nc23)c1. The summed E-state index contributed by atoms with van der Waals surface area (Å²) < 4.78 is 56.4. The maximum Gasteiger partial charge on any atom is 0.209 e. The molecule has 0 bridgehead atoms. The third kappa shape index (κ3) is 6.23. The van der Waals surface area contributed by atoms with Crippen LogP contribution in [0.3, 0.4) is 0 Å². The second-order valence-corrected chi connectivity index (χ2v) is 13.6. The molecule has 1 aliphatic rings. The molecular formula is C32H31F2N9O2S. The Morgan fingerprint density at radius 3 is 2.61 bits per heavy atom. The normalized spacial score (nSPS) is 14.2. The largest absolute Gasteiger partial charge is 0.336 e. The molecule has 6 aromatic rings. The van der Waals surface area contributed by atoms with Crippen LogP contribution in [0.2, 0.25) is 0 Å². The molecule has 0 saturated heterocycles. The number of sulfonamides is 1. The van der Waals surface area contributed by atoms with Crippen molar-refractivity contribution in [3.63, 3.8) is 0 Å². The molecule has 0 atom stereocenters. The lowest BCUT2D eigenvalue weighted by atomic mass is 10.0. The topological polar surface area (TPSA) is 154 Å². The third-order valence-corrected chi connectivity index (χ3v) is 8.93. The summed E-state index contributed by atoms with van der Waals surface area (Å²) in [5, 5.41) is 10.8. The minimum atomic E-state index is -3.48. The Morgan fingerprint density at radius 1 is 0.957 bits per heavy atom. The van der Waals surface area contributed by atoms with Gasteiger partial charge in [-0.05, 0) is 66.8 Å². The second-order valence-electron chi connectivity index (χ2n) is 11.7. The van der Waals surface area contributed by atoms with E-state index in [0.717, 1.165) is 18.4 Å². The van der Waals surface area contributed by atoms with Gasteiger partial charge in [0.1, 0.15) is 22.8 Å². The van der Waals surface area contributed by atoms with Gasteiger partial charge in [0.15, 0.2) is 11.5 Å². The molecule has 11 nitrogen and oxygen atoms in total. The molecule has 1 fully saturated rings. The van der Waals surface area contributed by atoms with E-state index in [0.29, 0.717) is 45.9 Å². The summed E-state index contributed by atoms with van der Waals surface area (Å²) in [5.41, 5.74) is 4.48. The van der Waals surface area contributed by atoms with Gasteiger partial charge in [0.05, 0.1) is 22.9 Å². The summed E-state index contributed by atoms with van der Waals surface area (Å²) in [6.07, 6.45) is 12.5. The number of hydrogen-bond acceptors (Lipinski definition) is 8. The first-order chi connectivity index (χ1) is 22.2. The average Bonchev–Trinajstić information content (AvgIpc) is 3.80. The maximum atomic E-state index is 16.3. The molecule has 14 heteroatoms. The number of H-pyrrole nitrogens is 2. The molecule has 0 spiro atoms. The van der Waals surface area contributed by atoms with Crippen molar-refractivity contribution in [1.82, 2.24) is 45.2 Å². The summed E-state index contributed by atoms with van der Waals surface area (Å²) in [6.45, 7) is 1.51. The lowest BCUT2D eigenvalue weighted by molar-refractivity contribution is 0.489. The maximum absolute atomic E-state index is 16.3. The summed E-state index contributed by atoms with van der Waals surface area (Å²) in [7, 11) is -3.48. The molecule has 1 aromatic carbocycles. The first kappa shape index (κ1) is 30.0. The van der Waals surface area contributed by atoms with Gasteiger partial charge >= 0.3 is 0 Å². The molecule has 4 N–H and O–H groups in total. The Labute approximate surface area is 263 Å². The van der Waals surface area contributed by atoms with E-state index in [4.69, 9.17) is 4.98 Å². The highest BCUT2D eigenvalue weighted by atomic mass is 32.2. The molecule has 0 amide bonds. The van der Waals surface area contributed by atoms with Gasteiger partial charge in [0.2, 0.25) is 10.0 Å². The van der Waals surface area contributed by atoms with Gasteiger partial charge < -0.3 is 10.3 Å². The molecule has 7 rings (SSSR count). The highest BCUT2D eigenvalue weighted by Gasteiger charge is 2.22. The van der Waals surface area contributed by atoms with Gasteiger partial charge in [-0.3, -0.25) is 15.1 Å². The monoisotopic (exact) mass is 643 g/mol. The summed E-state index contributed by atoms with van der Waals surface area (Å²) >= 11 is 0. The number of pyridine rings is 3. The van der Waals surface area contributed by atoms with E-state index in [2.05, 4.69) is 40.2 Å². The van der Waals surface area contributed by atoms with E-state index in [1.54, 1.807) is 30.7 Å². The van der Waals surface area contributed by atoms with Crippen LogP contribution in [0.4, 0.5) is 8.78 Å². The first-order valence-electron chi connectivity index (χ1n) is 15.0. The Hall–Kier alpha value is -4.66. The number of imidazole rings is 1. The van der Waals surface area contributed by atoms with Crippen LogP contribution in [0.25, 0.3) is 56.0 Å². The van der Waals surface area contributed by atoms with Gasteiger partial charge in [-0.1, -0.05) is 12.8 Å². The lowest BCUT2D eigenvalue weighted by Crippen LogP contribution is -2.21. The predicted molar refractivity (Wildman–Crippen MR) is 171 cm³/mol. The van der Waals surface area contributed by atoms with E-state index in [1.807, 2.05) is 6.07 Å². The molecule has 46 heavy (non-hydrogen) atoms. The molecule has 0 radical (unpaired) electrons. The molecule has 5 heterocycles. The number of nitrogens with zero attached hydrogens (tertiary/aromatic N) is 5. The average molecular weight is 644 g/mol. The summed E-state index contributed by atoms with van der Waals surface area (Å²) in [4.78, 5) is 21.1. The second kappa shape index (κ2) is 12.3. The van der Waals surface area contributed by atoms with Crippen molar-refractivity contribution >= 4 is 32.1 Å². The standard InChI is InChI=1S/C32H31F2N9O2S/c1-46(44,45)39-15-19-8-21(11-23(33)10-19)28-29-25(6-7-37-28)40-32(41-29)30-26-27(34)24(17-38-31(26)43-42-30)22-9-20(14-36-16-22)13-35-12-18-4-2-3-5-18/h6-11,14,16-18,35,39H,2-5,12-13,15H2,1H3,(H,40,41)(H,38,42,43). The molecule has 0 unspecified atom stereocenters. The van der Waals surface area contributed by atoms with Crippen LogP contribution in [0.1, 0.15) is 36.8 Å². The fraction of sp³-hybridized carbons (Fsp3) is 0.281. The Bertz CT molecular complexity index is 2180. The quantitative estimate of drug-likeness (QED) is 0.158. The van der Waals surface area contributed by atoms with Crippen LogP contribution in [-0.4, -0.2) is 56.3 Å². The van der Waals surface area contributed by atoms with Crippen LogP contribution < -0.4 is 10.0 Å². The van der Waals surface area contributed by atoms with Crippen molar-refractivity contribution in [3.05, 3.63) is 77.9 Å². The number of nitrogens with one attached hydrogen (secondary N) is 4. The third-order valence-electron chi connectivity index (χ3n) is 8.26. The zero-order valence-corrected chi connectivity index (χ0v) is 25.8. The van der Waals surface area contributed by atoms with E-state index in [1.165, 1.54) is 44.0 Å². The van der Waals surface area contributed by atoms with Crippen molar-refractivity contribution in [2.75, 3.05) is 12.8 Å². The van der Waals surface area contributed by atoms with Crippen molar-refractivity contribution in [2.45, 2.75) is 38.8 Å². The first-order valence-corrected chi connectivity index (χ1v) is 16.9. The fourth-order valence-corrected chi connectivity index (χ4v) is 6.49. The minimum Gasteiger partial charge on any atom is -0.336 e. The van der Waals surface area contributed by atoms with Gasteiger partial charge in [0, 0.05) is 54.6 Å². The van der Waals surface area contributed by atoms with Crippen LogP contribution in [0.15, 0.2) is 55.1 Å². The molecule has 1 saturated carbocycles. The van der Waals surface area contributed by atoms with Crippen LogP contribution in [-0.2, 0) is 23.1 Å². The van der Waals surface area contributed by atoms with Crippen LogP contribution in [0, 0.1) is 17.6 Å². The number of rotatable bonds is 10. The molecule has 236 valence electrons. The van der Waals surface area contributed by atoms with Crippen LogP contribution >= 0.6 is 0 Å². The summed E-state index contributed by atoms with van der Waals surface area (Å²) in [5.74, 6) is -0.0925. The molecular weight excluding hydrogens is 612 g/mol. The lowest BCUT2D eigenvalue weighted by Gasteiger charge is -2.11. The summed E-state index contributed by atoms with van der Waals surface area (Å²) in [6, 6.07) is 7.81. The molecule has 1 aliphatic carbocycles. The highest BCUT2D eigenvalue weighted by Crippen LogP contribution is 2.34. The number of benzene rings is 1. The van der Waals surface area contributed by atoms with Crippen LogP contribution in [0.5, 0.6) is 0 Å². The van der Waals surface area contributed by atoms with Gasteiger partial charge in [0.25, 0.3) is 0 Å². The van der Waals surface area contributed by atoms with Gasteiger partial charge in [-0.2, -0.15) is 5.10 Å². The van der Waals surface area contributed by atoms with E-state index >= 15 is 4.39 Å². The van der Waals surface area contributed by atoms with Crippen molar-refractivity contribution < 1.29 is 17.2 Å². The highest BCUT2D eigenvalue weighted by molar-refractivity contribution is 7.88. The number of aromatic nitrogens is 7. The van der Waals surface area contributed by atoms with E-state index in [9.17, 15) is 12.8 Å². The Balaban J connectivity index is 1.22. The molecule has 5 aromatic heterocycles. The van der Waals surface area contributed by atoms with Crippen molar-refractivity contribution in [2.24, 2.45) is 5.92 Å². The van der Waals surface area contributed by atoms with Gasteiger partial charge in [-0.25, -0.2) is 31.9 Å². The number of hydrogen-bond donors (Lipinski definition) is 4. The Kier molecular flexibility index (Phi) is 8.01. The minimum absolute atomic E-state index is 0.0886. The van der Waals surface area contributed by atoms with Gasteiger partial charge in [-0.15, -0.1) is 0 Å². The number of halogens is 2. The zero-order valence-electron chi connectivity index (χ0n) is 24.9.